The van der Waals surface area contributed by atoms with E-state index in [1.54, 1.807) is 6.07 Å². The zero-order valence-corrected chi connectivity index (χ0v) is 13.9. The first-order valence-corrected chi connectivity index (χ1v) is 7.79. The summed E-state index contributed by atoms with van der Waals surface area (Å²) in [5, 5.41) is 2.66. The van der Waals surface area contributed by atoms with Gasteiger partial charge in [0.2, 0.25) is 0 Å². The Labute approximate surface area is 140 Å². The van der Waals surface area contributed by atoms with Crippen molar-refractivity contribution in [1.82, 2.24) is 0 Å². The van der Waals surface area contributed by atoms with Crippen molar-refractivity contribution < 1.29 is 9.53 Å². The lowest BCUT2D eigenvalue weighted by molar-refractivity contribution is -0.114. The van der Waals surface area contributed by atoms with E-state index in [9.17, 15) is 4.79 Å². The molecule has 0 fully saturated rings. The second-order valence-electron chi connectivity index (χ2n) is 5.06. The lowest BCUT2D eigenvalue weighted by Crippen LogP contribution is -2.18. The molecule has 2 rings (SSSR count). The van der Waals surface area contributed by atoms with Gasteiger partial charge in [-0.15, -0.1) is 0 Å². The van der Waals surface area contributed by atoms with Gasteiger partial charge in [-0.3, -0.25) is 4.79 Å². The summed E-state index contributed by atoms with van der Waals surface area (Å²) < 4.78 is 5.62. The minimum Gasteiger partial charge on any atom is -0.491 e. The Hall–Kier alpha value is -1.71. The molecule has 2 aromatic carbocycles. The summed E-state index contributed by atoms with van der Waals surface area (Å²) in [4.78, 5) is 10.4. The third-order valence-electron chi connectivity index (χ3n) is 2.89. The van der Waals surface area contributed by atoms with Crippen LogP contribution in [0.1, 0.15) is 13.8 Å². The molecule has 1 N–H and O–H groups in total. The van der Waals surface area contributed by atoms with Gasteiger partial charge < -0.3 is 10.1 Å². The van der Waals surface area contributed by atoms with Crippen LogP contribution in [-0.4, -0.2) is 16.8 Å². The van der Waals surface area contributed by atoms with E-state index in [-0.39, 0.29) is 6.10 Å². The Balaban J connectivity index is 2.17. The highest BCUT2D eigenvalue weighted by atomic mass is 35.5. The molecular weight excluding hydrogens is 321 g/mol. The monoisotopic (exact) mass is 337 g/mol. The highest BCUT2D eigenvalue weighted by molar-refractivity contribution is 6.54. The van der Waals surface area contributed by atoms with E-state index < -0.39 is 10.7 Å². The number of carbonyl (C=O) groups excluding carboxylic acids is 1. The number of alkyl halides is 2. The molecule has 0 radical (unpaired) electrons. The van der Waals surface area contributed by atoms with E-state index in [4.69, 9.17) is 27.9 Å². The van der Waals surface area contributed by atoms with Gasteiger partial charge in [0.1, 0.15) is 5.75 Å². The summed E-state index contributed by atoms with van der Waals surface area (Å²) in [5.74, 6) is 0.386. The molecular formula is C17H17Cl2NO2. The van der Waals surface area contributed by atoms with Gasteiger partial charge in [0.15, 0.2) is 4.84 Å². The predicted octanol–water partition coefficient (Wildman–Crippen LogP) is 4.88. The predicted molar refractivity (Wildman–Crippen MR) is 91.8 cm³/mol. The molecule has 1 amide bonds. The van der Waals surface area contributed by atoms with Crippen LogP contribution >= 0.6 is 23.2 Å². The van der Waals surface area contributed by atoms with Gasteiger partial charge in [0, 0.05) is 5.69 Å². The van der Waals surface area contributed by atoms with Crippen LogP contribution < -0.4 is 10.1 Å². The molecule has 5 heteroatoms. The zero-order chi connectivity index (χ0) is 16.1. The lowest BCUT2D eigenvalue weighted by Gasteiger charge is -2.11. The highest BCUT2D eigenvalue weighted by Crippen LogP contribution is 2.25. The number of ether oxygens (including phenoxy) is 1. The molecule has 2 aromatic rings. The van der Waals surface area contributed by atoms with E-state index >= 15 is 0 Å². The van der Waals surface area contributed by atoms with Crippen molar-refractivity contribution in [3.05, 3.63) is 48.5 Å². The third-order valence-corrected chi connectivity index (χ3v) is 3.28. The average Bonchev–Trinajstić information content (AvgIpc) is 2.47. The first kappa shape index (κ1) is 16.7. The number of anilines is 1. The standard InChI is InChI=1S/C17H17Cl2NO2/c1-11(2)22-15-8-6-12(7-9-15)13-4-3-5-14(10-13)20-17(21)16(18)19/h3-11,16H,1-2H3,(H,20,21). The van der Waals surface area contributed by atoms with Gasteiger partial charge in [-0.1, -0.05) is 47.5 Å². The Morgan fingerprint density at radius 1 is 1.05 bits per heavy atom. The van der Waals surface area contributed by atoms with E-state index in [1.807, 2.05) is 56.3 Å². The molecule has 116 valence electrons. The van der Waals surface area contributed by atoms with Crippen molar-refractivity contribution in [2.45, 2.75) is 24.8 Å². The molecule has 0 aromatic heterocycles. The van der Waals surface area contributed by atoms with Crippen LogP contribution in [0.15, 0.2) is 48.5 Å². The van der Waals surface area contributed by atoms with Gasteiger partial charge >= 0.3 is 0 Å². The maximum absolute atomic E-state index is 11.5. The Kier molecular flexibility index (Phi) is 5.69. The zero-order valence-electron chi connectivity index (χ0n) is 12.3. The third kappa shape index (κ3) is 4.65. The van der Waals surface area contributed by atoms with Crippen molar-refractivity contribution in [2.75, 3.05) is 5.32 Å². The SMILES string of the molecule is CC(C)Oc1ccc(-c2cccc(NC(=O)C(Cl)Cl)c2)cc1. The summed E-state index contributed by atoms with van der Waals surface area (Å²) in [6.45, 7) is 3.97. The van der Waals surface area contributed by atoms with E-state index in [2.05, 4.69) is 5.32 Å². The average molecular weight is 338 g/mol. The van der Waals surface area contributed by atoms with Crippen LogP contribution in [0.4, 0.5) is 5.69 Å². The summed E-state index contributed by atoms with van der Waals surface area (Å²) >= 11 is 11.1. The van der Waals surface area contributed by atoms with Gasteiger partial charge in [0.25, 0.3) is 5.91 Å². The lowest BCUT2D eigenvalue weighted by atomic mass is 10.0. The molecule has 0 saturated heterocycles. The summed E-state index contributed by atoms with van der Waals surface area (Å²) in [6, 6.07) is 15.3. The fourth-order valence-corrected chi connectivity index (χ4v) is 2.08. The Morgan fingerprint density at radius 2 is 1.73 bits per heavy atom. The van der Waals surface area contributed by atoms with Crippen LogP contribution in [0.3, 0.4) is 0 Å². The molecule has 0 aliphatic rings. The van der Waals surface area contributed by atoms with E-state index in [0.717, 1.165) is 16.9 Å². The molecule has 0 aliphatic carbocycles. The highest BCUT2D eigenvalue weighted by Gasteiger charge is 2.11. The molecule has 22 heavy (non-hydrogen) atoms. The van der Waals surface area contributed by atoms with Gasteiger partial charge in [-0.05, 0) is 49.2 Å². The molecule has 0 heterocycles. The largest absolute Gasteiger partial charge is 0.491 e. The van der Waals surface area contributed by atoms with Crippen molar-refractivity contribution in [3.8, 4) is 16.9 Å². The number of halogens is 2. The van der Waals surface area contributed by atoms with E-state index in [1.165, 1.54) is 0 Å². The van der Waals surface area contributed by atoms with Crippen LogP contribution in [0.25, 0.3) is 11.1 Å². The second-order valence-corrected chi connectivity index (χ2v) is 6.16. The minimum atomic E-state index is -1.09. The summed E-state index contributed by atoms with van der Waals surface area (Å²) in [7, 11) is 0. The van der Waals surface area contributed by atoms with Crippen LogP contribution in [0.5, 0.6) is 5.75 Å². The van der Waals surface area contributed by atoms with E-state index in [0.29, 0.717) is 5.69 Å². The normalized spacial score (nSPS) is 10.8. The maximum Gasteiger partial charge on any atom is 0.257 e. The molecule has 0 spiro atoms. The van der Waals surface area contributed by atoms with Crippen molar-refractivity contribution >= 4 is 34.8 Å². The first-order chi connectivity index (χ1) is 10.5. The quantitative estimate of drug-likeness (QED) is 0.789. The van der Waals surface area contributed by atoms with Crippen molar-refractivity contribution in [2.24, 2.45) is 0 Å². The summed E-state index contributed by atoms with van der Waals surface area (Å²) in [6.07, 6.45) is 0.142. The number of nitrogens with one attached hydrogen (secondary N) is 1. The fourth-order valence-electron chi connectivity index (χ4n) is 1.97. The number of rotatable bonds is 5. The molecule has 0 bridgehead atoms. The molecule has 0 atom stereocenters. The Bertz CT molecular complexity index is 639. The fraction of sp³-hybridized carbons (Fsp3) is 0.235. The first-order valence-electron chi connectivity index (χ1n) is 6.92. The minimum absolute atomic E-state index is 0.142. The van der Waals surface area contributed by atoms with Crippen molar-refractivity contribution in [3.63, 3.8) is 0 Å². The molecule has 0 aliphatic heterocycles. The second kappa shape index (κ2) is 7.52. The van der Waals surface area contributed by atoms with Crippen LogP contribution in [0, 0.1) is 0 Å². The molecule has 3 nitrogen and oxygen atoms in total. The maximum atomic E-state index is 11.5. The van der Waals surface area contributed by atoms with Gasteiger partial charge in [0.05, 0.1) is 6.10 Å². The number of amides is 1. The molecule has 0 saturated carbocycles. The van der Waals surface area contributed by atoms with Crippen LogP contribution in [0.2, 0.25) is 0 Å². The summed E-state index contributed by atoms with van der Waals surface area (Å²) in [5.41, 5.74) is 2.66. The number of benzene rings is 2. The molecule has 0 unspecified atom stereocenters. The number of carbonyl (C=O) groups is 1. The van der Waals surface area contributed by atoms with Gasteiger partial charge in [-0.25, -0.2) is 0 Å². The smallest absolute Gasteiger partial charge is 0.257 e. The number of hydrogen-bond donors (Lipinski definition) is 1. The number of hydrogen-bond acceptors (Lipinski definition) is 2. The van der Waals surface area contributed by atoms with Gasteiger partial charge in [-0.2, -0.15) is 0 Å². The van der Waals surface area contributed by atoms with Crippen LogP contribution in [-0.2, 0) is 4.79 Å². The van der Waals surface area contributed by atoms with Crippen molar-refractivity contribution in [1.29, 1.82) is 0 Å². The topological polar surface area (TPSA) is 38.3 Å². The Morgan fingerprint density at radius 3 is 2.32 bits per heavy atom.